The Bertz CT molecular complexity index is 1930. The van der Waals surface area contributed by atoms with Crippen LogP contribution in [-0.2, 0) is 36.1 Å². The fourth-order valence-electron chi connectivity index (χ4n) is 4.98. The molecule has 4 aromatic rings. The second-order valence-electron chi connectivity index (χ2n) is 9.84. The first kappa shape index (κ1) is 33.1. The van der Waals surface area contributed by atoms with E-state index in [2.05, 4.69) is 0 Å². The highest BCUT2D eigenvalue weighted by molar-refractivity contribution is 7.93. The van der Waals surface area contributed by atoms with E-state index in [-0.39, 0.29) is 45.1 Å². The zero-order valence-electron chi connectivity index (χ0n) is 24.8. The lowest BCUT2D eigenvalue weighted by atomic mass is 9.98. The number of carboxylic acids is 1. The van der Waals surface area contributed by atoms with Crippen molar-refractivity contribution in [3.05, 3.63) is 84.4 Å². The first-order chi connectivity index (χ1) is 21.3. The molecule has 0 unspecified atom stereocenters. The second kappa shape index (κ2) is 13.4. The number of hydrogen-bond donors (Lipinski definition) is 2. The Morgan fingerprint density at radius 3 is 1.71 bits per heavy atom. The Morgan fingerprint density at radius 1 is 0.778 bits per heavy atom. The molecule has 0 spiro atoms. The number of fused-ring (bicyclic) bond motifs is 1. The van der Waals surface area contributed by atoms with Crippen molar-refractivity contribution in [2.75, 3.05) is 35.9 Å². The summed E-state index contributed by atoms with van der Waals surface area (Å²) >= 11 is 0. The van der Waals surface area contributed by atoms with Gasteiger partial charge in [-0.3, -0.25) is 18.2 Å². The number of nitrogens with zero attached hydrogens (tertiary/aromatic N) is 2. The molecule has 0 fully saturated rings. The van der Waals surface area contributed by atoms with E-state index in [1.807, 2.05) is 0 Å². The molecule has 0 aliphatic heterocycles. The number of methoxy groups -OCH3 is 2. The third-order valence-electron chi connectivity index (χ3n) is 7.08. The number of hydrogen-bond acceptors (Lipinski definition) is 8. The van der Waals surface area contributed by atoms with Crippen LogP contribution in [0.2, 0.25) is 0 Å². The van der Waals surface area contributed by atoms with Crippen LogP contribution >= 0.6 is 0 Å². The molecule has 14 heteroatoms. The number of aliphatic carboxylic acids is 1. The zero-order valence-corrected chi connectivity index (χ0v) is 26.5. The lowest BCUT2D eigenvalue weighted by molar-refractivity contribution is -0.137. The number of benzene rings is 4. The van der Waals surface area contributed by atoms with Crippen LogP contribution in [0.5, 0.6) is 11.5 Å². The summed E-state index contributed by atoms with van der Waals surface area (Å²) in [7, 11) is -5.72. The van der Waals surface area contributed by atoms with Crippen molar-refractivity contribution in [2.45, 2.75) is 29.6 Å². The highest BCUT2D eigenvalue weighted by Crippen LogP contribution is 2.42. The quantitative estimate of drug-likeness (QED) is 0.205. The minimum Gasteiger partial charge on any atom is -0.497 e. The first-order valence-electron chi connectivity index (χ1n) is 13.7. The predicted molar refractivity (Wildman–Crippen MR) is 170 cm³/mol. The third kappa shape index (κ3) is 6.81. The topological polar surface area (TPSA) is 174 Å². The smallest absolute Gasteiger partial charge is 0.303 e. The average Bonchev–Trinajstić information content (AvgIpc) is 3.02. The number of ether oxygens (including phenoxy) is 2. The lowest BCUT2D eigenvalue weighted by Gasteiger charge is -2.30. The Hall–Kier alpha value is -4.82. The molecule has 238 valence electrons. The number of carboxylic acid groups (broad SMARTS) is 1. The number of sulfonamides is 2. The summed E-state index contributed by atoms with van der Waals surface area (Å²) in [4.78, 5) is 23.9. The van der Waals surface area contributed by atoms with Crippen molar-refractivity contribution in [2.24, 2.45) is 5.73 Å². The van der Waals surface area contributed by atoms with Gasteiger partial charge in [-0.25, -0.2) is 16.8 Å². The monoisotopic (exact) mass is 655 g/mol. The minimum absolute atomic E-state index is 0.00871. The molecule has 4 rings (SSSR count). The molecule has 0 saturated carbocycles. The van der Waals surface area contributed by atoms with Crippen LogP contribution in [0.1, 0.15) is 18.9 Å². The largest absolute Gasteiger partial charge is 0.497 e. The first-order valence-corrected chi connectivity index (χ1v) is 16.6. The Balaban J connectivity index is 2.03. The van der Waals surface area contributed by atoms with Crippen molar-refractivity contribution in [1.82, 2.24) is 0 Å². The van der Waals surface area contributed by atoms with E-state index < -0.39 is 44.9 Å². The van der Waals surface area contributed by atoms with Crippen molar-refractivity contribution < 1.29 is 41.0 Å². The molecule has 0 aliphatic carbocycles. The number of amides is 1. The van der Waals surface area contributed by atoms with Crippen LogP contribution in [0.3, 0.4) is 0 Å². The molecule has 0 bridgehead atoms. The molecule has 3 N–H and O–H groups in total. The van der Waals surface area contributed by atoms with Gasteiger partial charge in [0.25, 0.3) is 20.0 Å². The van der Waals surface area contributed by atoms with Crippen LogP contribution in [-0.4, -0.2) is 61.1 Å². The maximum Gasteiger partial charge on any atom is 0.303 e. The van der Waals surface area contributed by atoms with E-state index in [4.69, 9.17) is 15.2 Å². The van der Waals surface area contributed by atoms with Gasteiger partial charge < -0.3 is 20.3 Å². The lowest BCUT2D eigenvalue weighted by Crippen LogP contribution is -2.39. The van der Waals surface area contributed by atoms with Gasteiger partial charge in [-0.1, -0.05) is 24.3 Å². The second-order valence-corrected chi connectivity index (χ2v) is 13.6. The number of carbonyl (C=O) groups is 2. The summed E-state index contributed by atoms with van der Waals surface area (Å²) in [5, 5.41) is 10.2. The highest BCUT2D eigenvalue weighted by atomic mass is 32.2. The van der Waals surface area contributed by atoms with Gasteiger partial charge in [0.05, 0.1) is 35.4 Å². The van der Waals surface area contributed by atoms with Crippen molar-refractivity contribution in [1.29, 1.82) is 0 Å². The van der Waals surface area contributed by atoms with Gasteiger partial charge in [0, 0.05) is 23.7 Å². The van der Waals surface area contributed by atoms with E-state index in [0.29, 0.717) is 16.9 Å². The van der Waals surface area contributed by atoms with Crippen LogP contribution in [0.4, 0.5) is 11.4 Å². The van der Waals surface area contributed by atoms with Crippen LogP contribution in [0.25, 0.3) is 10.8 Å². The molecule has 4 aromatic carbocycles. The van der Waals surface area contributed by atoms with E-state index >= 15 is 0 Å². The summed E-state index contributed by atoms with van der Waals surface area (Å²) < 4.78 is 68.5. The number of nitrogens with two attached hydrogens (primary N) is 1. The summed E-state index contributed by atoms with van der Waals surface area (Å²) in [6.07, 6.45) is -0.592. The van der Waals surface area contributed by atoms with Crippen molar-refractivity contribution >= 4 is 54.1 Å². The Kier molecular flexibility index (Phi) is 9.88. The SMILES string of the molecule is CCN(c1cc(CCC(=O)O)c(N(CC(N)=O)S(=O)(=O)c2ccc(OC)cc2)c2ccccc12)S(=O)(=O)c1ccc(OC)cc1. The van der Waals surface area contributed by atoms with Gasteiger partial charge in [-0.2, -0.15) is 0 Å². The van der Waals surface area contributed by atoms with E-state index in [1.54, 1.807) is 31.2 Å². The molecule has 0 aromatic heterocycles. The summed E-state index contributed by atoms with van der Waals surface area (Å²) in [5.41, 5.74) is 5.96. The Labute approximate surface area is 261 Å². The maximum absolute atomic E-state index is 14.1. The van der Waals surface area contributed by atoms with Gasteiger partial charge >= 0.3 is 5.97 Å². The van der Waals surface area contributed by atoms with Crippen LogP contribution in [0, 0.1) is 0 Å². The number of rotatable bonds is 14. The fourth-order valence-corrected chi connectivity index (χ4v) is 7.95. The van der Waals surface area contributed by atoms with E-state index in [1.165, 1.54) is 73.1 Å². The van der Waals surface area contributed by atoms with E-state index in [0.717, 1.165) is 4.31 Å². The van der Waals surface area contributed by atoms with Crippen LogP contribution < -0.4 is 23.8 Å². The molecule has 12 nitrogen and oxygen atoms in total. The Morgan fingerprint density at radius 2 is 1.27 bits per heavy atom. The van der Waals surface area contributed by atoms with Gasteiger partial charge in [0.2, 0.25) is 5.91 Å². The summed E-state index contributed by atoms with van der Waals surface area (Å²) in [6, 6.07) is 19.4. The zero-order chi connectivity index (χ0) is 32.9. The molecule has 0 aliphatic rings. The fraction of sp³-hybridized carbons (Fsp3) is 0.226. The predicted octanol–water partition coefficient (Wildman–Crippen LogP) is 3.77. The number of aryl methyl sites for hydroxylation is 1. The van der Waals surface area contributed by atoms with Crippen molar-refractivity contribution in [3.63, 3.8) is 0 Å². The maximum atomic E-state index is 14.1. The minimum atomic E-state index is -4.46. The normalized spacial score (nSPS) is 11.6. The standard InChI is InChI=1S/C31H33N3O9S2/c1-4-33(44(38,39)24-14-10-22(42-2)11-15-24)28-19-21(9-18-30(36)37)31(27-8-6-5-7-26(27)28)34(20-29(32)35)45(40,41)25-16-12-23(43-3)13-17-25/h5-8,10-17,19H,4,9,18,20H2,1-3H3,(H2,32,35)(H,36,37). The molecule has 0 atom stereocenters. The third-order valence-corrected chi connectivity index (χ3v) is 10.7. The molecule has 1 amide bonds. The molecular weight excluding hydrogens is 622 g/mol. The van der Waals surface area contributed by atoms with Gasteiger partial charge in [0.15, 0.2) is 0 Å². The van der Waals surface area contributed by atoms with Crippen LogP contribution in [0.15, 0.2) is 88.7 Å². The van der Waals surface area contributed by atoms with Gasteiger partial charge in [0.1, 0.15) is 18.0 Å². The number of anilines is 2. The number of primary amides is 1. The van der Waals surface area contributed by atoms with Gasteiger partial charge in [-0.15, -0.1) is 0 Å². The summed E-state index contributed by atoms with van der Waals surface area (Å²) in [5.74, 6) is -1.24. The summed E-state index contributed by atoms with van der Waals surface area (Å²) in [6.45, 7) is 0.874. The molecule has 45 heavy (non-hydrogen) atoms. The highest BCUT2D eigenvalue weighted by Gasteiger charge is 2.33. The van der Waals surface area contributed by atoms with E-state index in [9.17, 15) is 31.5 Å². The van der Waals surface area contributed by atoms with Gasteiger partial charge in [-0.05, 0) is 73.5 Å². The van der Waals surface area contributed by atoms with Crippen molar-refractivity contribution in [3.8, 4) is 11.5 Å². The average molecular weight is 656 g/mol. The number of carbonyl (C=O) groups excluding carboxylic acids is 1. The molecular formula is C31H33N3O9S2. The molecule has 0 radical (unpaired) electrons. The molecule has 0 heterocycles. The molecule has 0 saturated heterocycles.